The average Bonchev–Trinajstić information content (AvgIpc) is 3.13. The Hall–Kier alpha value is -5.53. The predicted octanol–water partition coefficient (Wildman–Crippen LogP) is 0.305. The van der Waals surface area contributed by atoms with Gasteiger partial charge in [-0.3, -0.25) is 43.2 Å². The lowest BCUT2D eigenvalue weighted by molar-refractivity contribution is -0.142. The normalized spacial score (nSPS) is 14.2. The second-order valence-electron chi connectivity index (χ2n) is 15.5. The molecule has 0 saturated carbocycles. The summed E-state index contributed by atoms with van der Waals surface area (Å²) >= 11 is 1.34. The van der Waals surface area contributed by atoms with Crippen molar-refractivity contribution in [2.24, 2.45) is 11.3 Å². The maximum Gasteiger partial charge on any atom is 0.305 e. The highest BCUT2D eigenvalue weighted by molar-refractivity contribution is 7.98. The van der Waals surface area contributed by atoms with E-state index in [1.54, 1.807) is 58.2 Å². The van der Waals surface area contributed by atoms with E-state index in [2.05, 4.69) is 31.9 Å². The molecule has 0 saturated heterocycles. The highest BCUT2D eigenvalue weighted by atomic mass is 32.2. The maximum absolute atomic E-state index is 14.2. The molecule has 19 nitrogen and oxygen atoms in total. The zero-order chi connectivity index (χ0) is 45.0. The van der Waals surface area contributed by atoms with E-state index in [4.69, 9.17) is 5.11 Å². The lowest BCUT2D eigenvalue weighted by Crippen LogP contribution is -2.62. The van der Waals surface area contributed by atoms with E-state index in [9.17, 15) is 58.2 Å². The van der Waals surface area contributed by atoms with Crippen LogP contribution >= 0.6 is 11.8 Å². The van der Waals surface area contributed by atoms with Crippen molar-refractivity contribution in [3.8, 4) is 0 Å². The molecule has 20 heteroatoms. The summed E-state index contributed by atoms with van der Waals surface area (Å²) in [6.45, 7) is 10.4. The number of aldehydes is 1. The van der Waals surface area contributed by atoms with E-state index < -0.39 is 127 Å². The Morgan fingerprint density at radius 1 is 0.678 bits per heavy atom. The largest absolute Gasteiger partial charge is 0.481 e. The van der Waals surface area contributed by atoms with E-state index >= 15 is 0 Å². The molecule has 328 valence electrons. The average molecular weight is 851 g/mol. The molecule has 1 aromatic rings. The van der Waals surface area contributed by atoms with Gasteiger partial charge in [-0.15, -0.1) is 0 Å². The van der Waals surface area contributed by atoms with Crippen molar-refractivity contribution in [3.05, 3.63) is 35.4 Å². The van der Waals surface area contributed by atoms with Gasteiger partial charge >= 0.3 is 17.9 Å². The Morgan fingerprint density at radius 2 is 1.22 bits per heavy atom. The molecule has 59 heavy (non-hydrogen) atoms. The van der Waals surface area contributed by atoms with Gasteiger partial charge in [0.25, 0.3) is 0 Å². The molecule has 0 spiro atoms. The molecule has 6 atom stereocenters. The van der Waals surface area contributed by atoms with Crippen LogP contribution in [0.15, 0.2) is 24.3 Å². The molecule has 1 aromatic carbocycles. The van der Waals surface area contributed by atoms with Gasteiger partial charge in [0.1, 0.15) is 36.5 Å². The van der Waals surface area contributed by atoms with Crippen LogP contribution in [0.3, 0.4) is 0 Å². The molecule has 0 aliphatic rings. The summed E-state index contributed by atoms with van der Waals surface area (Å²) in [5.74, 6) is -9.38. The van der Waals surface area contributed by atoms with Crippen molar-refractivity contribution in [3.63, 3.8) is 0 Å². The second kappa shape index (κ2) is 25.1. The van der Waals surface area contributed by atoms with Crippen LogP contribution in [-0.2, 0) is 54.4 Å². The van der Waals surface area contributed by atoms with Crippen molar-refractivity contribution in [1.29, 1.82) is 0 Å². The lowest BCUT2D eigenvalue weighted by Gasteiger charge is -2.33. The number of rotatable bonds is 26. The van der Waals surface area contributed by atoms with Crippen molar-refractivity contribution in [2.45, 2.75) is 123 Å². The van der Waals surface area contributed by atoms with Gasteiger partial charge in [0.2, 0.25) is 35.4 Å². The number of carbonyl (C=O) groups is 10. The fraction of sp³-hybridized carbons (Fsp3) is 0.590. The first-order valence-electron chi connectivity index (χ1n) is 18.9. The molecule has 9 N–H and O–H groups in total. The van der Waals surface area contributed by atoms with Crippen LogP contribution in [-0.4, -0.2) is 123 Å². The summed E-state index contributed by atoms with van der Waals surface area (Å²) < 4.78 is 0. The minimum Gasteiger partial charge on any atom is -0.481 e. The number of hydrogen-bond donors (Lipinski definition) is 9. The van der Waals surface area contributed by atoms with Crippen LogP contribution in [0.2, 0.25) is 0 Å². The Balaban J connectivity index is 3.54. The van der Waals surface area contributed by atoms with Gasteiger partial charge in [-0.25, -0.2) is 0 Å². The summed E-state index contributed by atoms with van der Waals surface area (Å²) in [6, 6.07) is -1.21. The Morgan fingerprint density at radius 3 is 1.75 bits per heavy atom. The van der Waals surface area contributed by atoms with Gasteiger partial charge in [-0.2, -0.15) is 11.8 Å². The number of amides is 6. The first kappa shape index (κ1) is 51.5. The van der Waals surface area contributed by atoms with Gasteiger partial charge in [0.05, 0.1) is 18.9 Å². The number of carboxylic acids is 3. The molecular formula is C39H58N6O13S. The third-order valence-electron chi connectivity index (χ3n) is 8.79. The molecule has 0 aliphatic carbocycles. The van der Waals surface area contributed by atoms with E-state index in [1.165, 1.54) is 11.8 Å². The summed E-state index contributed by atoms with van der Waals surface area (Å²) in [6.07, 6.45) is -0.965. The number of carboxylic acid groups (broad SMARTS) is 3. The molecule has 1 unspecified atom stereocenters. The lowest BCUT2D eigenvalue weighted by atomic mass is 9.85. The number of benzene rings is 1. The number of thioether (sulfide) groups is 1. The third kappa shape index (κ3) is 19.7. The zero-order valence-electron chi connectivity index (χ0n) is 34.4. The number of carbonyl (C=O) groups excluding carboxylic acids is 7. The number of aliphatic carboxylic acids is 3. The highest BCUT2D eigenvalue weighted by Crippen LogP contribution is 2.21. The van der Waals surface area contributed by atoms with Crippen molar-refractivity contribution >= 4 is 71.4 Å². The maximum atomic E-state index is 14.2. The van der Waals surface area contributed by atoms with Crippen LogP contribution < -0.4 is 31.9 Å². The molecular weight excluding hydrogens is 793 g/mol. The quantitative estimate of drug-likeness (QED) is 0.0567. The van der Waals surface area contributed by atoms with Crippen molar-refractivity contribution in [1.82, 2.24) is 31.9 Å². The molecule has 0 aliphatic heterocycles. The standard InChI is InChI=1S/C39H58N6O13S/c1-21(2)16-26(35(55)40-24(19-46)20-59-7)44-38(58)33(39(4,5)6)45-37(57)27(17-23-11-9-8-10-22(23)3)43-34(54)25(12-14-30(48)49)42-36(56)28(18-32(52)53)41-29(47)13-15-31(50)51/h8-11,19,21,24-28,33H,12-18,20H2,1-7H3,(H,40,55)(H,41,47)(H,42,56)(H,43,54)(H,44,58)(H,45,57)(H,48,49)(H,50,51)(H,52,53)/t24?,25-,26-,27-,28-,33+/m0/s1. The topological polar surface area (TPSA) is 304 Å². The summed E-state index contributed by atoms with van der Waals surface area (Å²) in [7, 11) is 0. The molecule has 6 amide bonds. The number of aryl methyl sites for hydroxylation is 1. The van der Waals surface area contributed by atoms with E-state index in [0.29, 0.717) is 17.6 Å². The third-order valence-corrected chi connectivity index (χ3v) is 9.48. The van der Waals surface area contributed by atoms with Crippen LogP contribution in [0.5, 0.6) is 0 Å². The first-order chi connectivity index (χ1) is 27.5. The first-order valence-corrected chi connectivity index (χ1v) is 20.3. The second-order valence-corrected chi connectivity index (χ2v) is 16.4. The van der Waals surface area contributed by atoms with E-state index in [0.717, 1.165) is 5.56 Å². The van der Waals surface area contributed by atoms with Crippen LogP contribution in [0.1, 0.15) is 84.3 Å². The van der Waals surface area contributed by atoms with E-state index in [-0.39, 0.29) is 18.8 Å². The number of hydrogen-bond acceptors (Lipinski definition) is 11. The van der Waals surface area contributed by atoms with Gasteiger partial charge in [0, 0.05) is 25.0 Å². The minimum absolute atomic E-state index is 0.0696. The smallest absolute Gasteiger partial charge is 0.305 e. The summed E-state index contributed by atoms with van der Waals surface area (Å²) in [4.78, 5) is 127. The van der Waals surface area contributed by atoms with Crippen LogP contribution in [0.25, 0.3) is 0 Å². The summed E-state index contributed by atoms with van der Waals surface area (Å²) in [5, 5.41) is 42.6. The molecule has 0 radical (unpaired) electrons. The Bertz CT molecular complexity index is 1680. The molecule has 0 fully saturated rings. The Labute approximate surface area is 347 Å². The zero-order valence-corrected chi connectivity index (χ0v) is 35.2. The SMILES string of the molecule is CSCC(C=O)NC(=O)[C@H](CC(C)C)NC(=O)[C@@H](NC(=O)[C@H](Cc1ccccc1C)NC(=O)[C@H](CCC(=O)O)NC(=O)[C@H](CC(=O)O)NC(=O)CCC(=O)O)C(C)(C)C. The van der Waals surface area contributed by atoms with Crippen molar-refractivity contribution < 1.29 is 63.3 Å². The fourth-order valence-corrected chi connectivity index (χ4v) is 6.20. The van der Waals surface area contributed by atoms with Crippen LogP contribution in [0.4, 0.5) is 0 Å². The monoisotopic (exact) mass is 850 g/mol. The highest BCUT2D eigenvalue weighted by Gasteiger charge is 2.38. The van der Waals surface area contributed by atoms with Gasteiger partial charge in [-0.05, 0) is 48.5 Å². The predicted molar refractivity (Wildman–Crippen MR) is 216 cm³/mol. The molecule has 0 aromatic heterocycles. The van der Waals surface area contributed by atoms with Gasteiger partial charge < -0.3 is 52.0 Å². The van der Waals surface area contributed by atoms with Crippen molar-refractivity contribution in [2.75, 3.05) is 12.0 Å². The van der Waals surface area contributed by atoms with Crippen LogP contribution in [0, 0.1) is 18.3 Å². The number of nitrogens with one attached hydrogen (secondary N) is 6. The molecule has 1 rings (SSSR count). The Kier molecular flexibility index (Phi) is 21.9. The van der Waals surface area contributed by atoms with Gasteiger partial charge in [0.15, 0.2) is 0 Å². The fourth-order valence-electron chi connectivity index (χ4n) is 5.67. The summed E-state index contributed by atoms with van der Waals surface area (Å²) in [5.41, 5.74) is 0.352. The molecule has 0 bridgehead atoms. The van der Waals surface area contributed by atoms with E-state index in [1.807, 2.05) is 13.8 Å². The molecule has 0 heterocycles. The van der Waals surface area contributed by atoms with Gasteiger partial charge in [-0.1, -0.05) is 58.9 Å². The minimum atomic E-state index is -1.79.